The van der Waals surface area contributed by atoms with Crippen LogP contribution >= 0.6 is 0 Å². The standard InChI is InChI=1S/C36H44N10O4/c37-33(48)32-34(42-30(20-39-32)46-13-2-1-3-14-46)40-26-5-4-25-22-44(15-12-24(25)18-26)21-23-10-16-45(17-11-23)27-6-7-28(38-19-27)35(49)41-29-8-9-31(47)43-36(29)50/h4-7,18-20,23,29H,1-3,8-17,21-22H2,(H2,37,48)(H,40,42)(H,41,49)(H,43,47,50)/t29-/m1/s1. The molecule has 4 amide bonds. The monoisotopic (exact) mass is 680 g/mol. The molecule has 14 nitrogen and oxygen atoms in total. The topological polar surface area (TPSA) is 179 Å². The Bertz CT molecular complexity index is 1750. The van der Waals surface area contributed by atoms with Crippen molar-refractivity contribution >= 4 is 46.6 Å². The van der Waals surface area contributed by atoms with Crippen molar-refractivity contribution in [2.45, 2.75) is 64.0 Å². The van der Waals surface area contributed by atoms with Crippen molar-refractivity contribution in [2.75, 3.05) is 54.4 Å². The van der Waals surface area contributed by atoms with Gasteiger partial charge in [-0.25, -0.2) is 15.0 Å². The Hall–Kier alpha value is -5.11. The number of nitrogens with two attached hydrogens (primary N) is 1. The molecule has 14 heteroatoms. The number of amides is 4. The summed E-state index contributed by atoms with van der Waals surface area (Å²) < 4.78 is 0. The van der Waals surface area contributed by atoms with Crippen LogP contribution in [0.25, 0.3) is 0 Å². The molecule has 0 spiro atoms. The van der Waals surface area contributed by atoms with Gasteiger partial charge < -0.3 is 26.2 Å². The number of anilines is 4. The minimum absolute atomic E-state index is 0.142. The summed E-state index contributed by atoms with van der Waals surface area (Å²) in [6.45, 7) is 6.64. The van der Waals surface area contributed by atoms with Crippen molar-refractivity contribution in [1.29, 1.82) is 0 Å². The summed E-state index contributed by atoms with van der Waals surface area (Å²) in [7, 11) is 0. The van der Waals surface area contributed by atoms with Crippen LogP contribution in [0.2, 0.25) is 0 Å². The lowest BCUT2D eigenvalue weighted by atomic mass is 9.93. The molecule has 262 valence electrons. The minimum Gasteiger partial charge on any atom is -0.370 e. The molecule has 1 atom stereocenters. The van der Waals surface area contributed by atoms with E-state index in [4.69, 9.17) is 10.7 Å². The average Bonchev–Trinajstić information content (AvgIpc) is 3.13. The van der Waals surface area contributed by atoms with Gasteiger partial charge in [0.1, 0.15) is 17.6 Å². The molecule has 6 heterocycles. The van der Waals surface area contributed by atoms with E-state index in [9.17, 15) is 19.2 Å². The van der Waals surface area contributed by atoms with Gasteiger partial charge in [0.15, 0.2) is 11.5 Å². The Labute approximate surface area is 291 Å². The summed E-state index contributed by atoms with van der Waals surface area (Å²) in [5.41, 5.74) is 10.5. The van der Waals surface area contributed by atoms with Gasteiger partial charge in [0.25, 0.3) is 11.8 Å². The third-order valence-electron chi connectivity index (χ3n) is 10.3. The van der Waals surface area contributed by atoms with Crippen LogP contribution in [0.3, 0.4) is 0 Å². The van der Waals surface area contributed by atoms with E-state index in [0.717, 1.165) is 95.1 Å². The zero-order valence-electron chi connectivity index (χ0n) is 28.2. The lowest BCUT2D eigenvalue weighted by molar-refractivity contribution is -0.134. The van der Waals surface area contributed by atoms with Crippen LogP contribution in [-0.4, -0.2) is 88.8 Å². The highest BCUT2D eigenvalue weighted by Gasteiger charge is 2.29. The SMILES string of the molecule is NC(=O)c1ncc(N2CCCCC2)nc1Nc1ccc2c(c1)CCN(CC1CCN(c3ccc(C(=O)N[C@@H]4CCC(=O)NC4=O)nc3)CC1)C2. The molecule has 0 saturated carbocycles. The fourth-order valence-corrected chi connectivity index (χ4v) is 7.41. The number of rotatable bonds is 9. The third kappa shape index (κ3) is 7.70. The second-order valence-corrected chi connectivity index (χ2v) is 13.7. The van der Waals surface area contributed by atoms with E-state index in [1.54, 1.807) is 18.5 Å². The molecule has 7 rings (SSSR count). The maximum absolute atomic E-state index is 12.6. The maximum atomic E-state index is 12.6. The van der Waals surface area contributed by atoms with Crippen molar-refractivity contribution in [2.24, 2.45) is 11.7 Å². The quantitative estimate of drug-likeness (QED) is 0.244. The predicted octanol–water partition coefficient (Wildman–Crippen LogP) is 2.51. The van der Waals surface area contributed by atoms with Gasteiger partial charge in [-0.2, -0.15) is 0 Å². The molecule has 2 aromatic heterocycles. The Morgan fingerprint density at radius 1 is 0.880 bits per heavy atom. The van der Waals surface area contributed by atoms with E-state index in [2.05, 4.69) is 52.8 Å². The fourth-order valence-electron chi connectivity index (χ4n) is 7.41. The molecule has 3 fully saturated rings. The first-order valence-corrected chi connectivity index (χ1v) is 17.7. The van der Waals surface area contributed by atoms with E-state index in [1.807, 2.05) is 12.1 Å². The van der Waals surface area contributed by atoms with E-state index in [1.165, 1.54) is 17.5 Å². The van der Waals surface area contributed by atoms with Gasteiger partial charge in [-0.3, -0.25) is 29.4 Å². The molecule has 4 aliphatic heterocycles. The van der Waals surface area contributed by atoms with Crippen molar-refractivity contribution in [3.05, 3.63) is 65.2 Å². The minimum atomic E-state index is -0.727. The van der Waals surface area contributed by atoms with Crippen LogP contribution in [0.15, 0.2) is 42.7 Å². The van der Waals surface area contributed by atoms with Crippen LogP contribution in [0, 0.1) is 5.92 Å². The van der Waals surface area contributed by atoms with E-state index < -0.39 is 23.8 Å². The number of nitrogens with one attached hydrogen (secondary N) is 3. The number of fused-ring (bicyclic) bond motifs is 1. The van der Waals surface area contributed by atoms with Crippen LogP contribution in [0.1, 0.15) is 77.0 Å². The second-order valence-electron chi connectivity index (χ2n) is 13.7. The summed E-state index contributed by atoms with van der Waals surface area (Å²) in [5, 5.41) is 8.27. The van der Waals surface area contributed by atoms with Crippen molar-refractivity contribution in [3.63, 3.8) is 0 Å². The number of benzene rings is 1. The Morgan fingerprint density at radius 2 is 1.70 bits per heavy atom. The number of aromatic nitrogens is 3. The number of primary amides is 1. The van der Waals surface area contributed by atoms with Gasteiger partial charge in [0, 0.05) is 57.9 Å². The molecule has 4 aliphatic rings. The second kappa shape index (κ2) is 14.8. The van der Waals surface area contributed by atoms with Gasteiger partial charge in [0.2, 0.25) is 11.8 Å². The highest BCUT2D eigenvalue weighted by atomic mass is 16.2. The summed E-state index contributed by atoms with van der Waals surface area (Å²) in [6, 6.07) is 9.23. The molecule has 3 aromatic rings. The number of nitrogens with zero attached hydrogens (tertiary/aromatic N) is 6. The molecule has 50 heavy (non-hydrogen) atoms. The molecule has 3 saturated heterocycles. The summed E-state index contributed by atoms with van der Waals surface area (Å²) >= 11 is 0. The van der Waals surface area contributed by atoms with Gasteiger partial charge >= 0.3 is 0 Å². The number of hydrogen-bond donors (Lipinski definition) is 4. The Morgan fingerprint density at radius 3 is 2.44 bits per heavy atom. The van der Waals surface area contributed by atoms with E-state index in [0.29, 0.717) is 11.7 Å². The van der Waals surface area contributed by atoms with Crippen LogP contribution < -0.4 is 31.5 Å². The summed E-state index contributed by atoms with van der Waals surface area (Å²) in [5.74, 6) is -0.0763. The van der Waals surface area contributed by atoms with Gasteiger partial charge in [-0.15, -0.1) is 0 Å². The third-order valence-corrected chi connectivity index (χ3v) is 10.3. The number of imide groups is 1. The molecule has 0 bridgehead atoms. The van der Waals surface area contributed by atoms with Crippen molar-refractivity contribution in [3.8, 4) is 0 Å². The zero-order chi connectivity index (χ0) is 34.6. The molecule has 0 radical (unpaired) electrons. The van der Waals surface area contributed by atoms with Crippen LogP contribution in [0.5, 0.6) is 0 Å². The lowest BCUT2D eigenvalue weighted by Crippen LogP contribution is -2.52. The van der Waals surface area contributed by atoms with Crippen molar-refractivity contribution in [1.82, 2.24) is 30.5 Å². The fraction of sp³-hybridized carbons (Fsp3) is 0.472. The van der Waals surface area contributed by atoms with Gasteiger partial charge in [-0.05, 0) is 86.3 Å². The molecular formula is C36H44N10O4. The summed E-state index contributed by atoms with van der Waals surface area (Å²) in [4.78, 5) is 68.7. The van der Waals surface area contributed by atoms with Crippen LogP contribution in [0.4, 0.5) is 23.0 Å². The average molecular weight is 681 g/mol. The molecule has 1 aromatic carbocycles. The highest BCUT2D eigenvalue weighted by Crippen LogP contribution is 2.29. The zero-order valence-corrected chi connectivity index (χ0v) is 28.2. The summed E-state index contributed by atoms with van der Waals surface area (Å²) in [6.07, 6.45) is 10.4. The van der Waals surface area contributed by atoms with Gasteiger partial charge in [-0.1, -0.05) is 6.07 Å². The van der Waals surface area contributed by atoms with Crippen LogP contribution in [-0.2, 0) is 22.6 Å². The van der Waals surface area contributed by atoms with Gasteiger partial charge in [0.05, 0.1) is 18.1 Å². The molecule has 0 aliphatic carbocycles. The molecule has 5 N–H and O–H groups in total. The molecule has 0 unspecified atom stereocenters. The smallest absolute Gasteiger partial charge is 0.271 e. The number of carbonyl (C=O) groups excluding carboxylic acids is 4. The number of piperidine rings is 3. The number of hydrogen-bond acceptors (Lipinski definition) is 11. The number of pyridine rings is 1. The Kier molecular flexibility index (Phi) is 9.88. The maximum Gasteiger partial charge on any atom is 0.271 e. The largest absolute Gasteiger partial charge is 0.370 e. The first-order valence-electron chi connectivity index (χ1n) is 17.7. The Balaban J connectivity index is 0.899. The van der Waals surface area contributed by atoms with E-state index in [-0.39, 0.29) is 30.1 Å². The first-order chi connectivity index (χ1) is 24.3. The highest BCUT2D eigenvalue weighted by molar-refractivity contribution is 6.03. The first kappa shape index (κ1) is 33.4. The lowest BCUT2D eigenvalue weighted by Gasteiger charge is -2.37. The number of carbonyl (C=O) groups is 4. The van der Waals surface area contributed by atoms with Crippen molar-refractivity contribution < 1.29 is 19.2 Å². The molecular weight excluding hydrogens is 636 g/mol. The normalized spacial score (nSPS) is 20.2. The predicted molar refractivity (Wildman–Crippen MR) is 188 cm³/mol. The van der Waals surface area contributed by atoms with E-state index >= 15 is 0 Å².